The van der Waals surface area contributed by atoms with Crippen molar-refractivity contribution in [2.24, 2.45) is 0 Å². The normalized spacial score (nSPS) is 11.6. The van der Waals surface area contributed by atoms with Crippen molar-refractivity contribution >= 4 is 16.8 Å². The number of aromatic nitrogens is 2. The Morgan fingerprint density at radius 3 is 2.50 bits per heavy atom. The first kappa shape index (κ1) is 16.0. The fraction of sp³-hybridized carbons (Fsp3) is 0.176. The molecule has 24 heavy (non-hydrogen) atoms. The smallest absolute Gasteiger partial charge is 0.350 e. The van der Waals surface area contributed by atoms with E-state index >= 15 is 0 Å². The van der Waals surface area contributed by atoms with E-state index in [0.29, 0.717) is 18.7 Å². The van der Waals surface area contributed by atoms with Gasteiger partial charge in [-0.05, 0) is 30.2 Å². The standard InChI is InChI=1S/C17H14F3N3O/c18-17(19,20)12-7-5-11(6-8-12)9-10-21-16(24)15-13-3-1-2-4-14(13)22-23-15/h1-8H,9-10H2,(H,21,24)(H,22,23). The Labute approximate surface area is 135 Å². The maximum absolute atomic E-state index is 12.5. The summed E-state index contributed by atoms with van der Waals surface area (Å²) in [6.07, 6.45) is -3.90. The fourth-order valence-corrected chi connectivity index (χ4v) is 2.40. The lowest BCUT2D eigenvalue weighted by molar-refractivity contribution is -0.137. The number of nitrogens with zero attached hydrogens (tertiary/aromatic N) is 1. The van der Waals surface area contributed by atoms with Crippen molar-refractivity contribution in [3.63, 3.8) is 0 Å². The zero-order valence-electron chi connectivity index (χ0n) is 12.5. The third-order valence-electron chi connectivity index (χ3n) is 3.67. The lowest BCUT2D eigenvalue weighted by Crippen LogP contribution is -2.26. The molecule has 4 nitrogen and oxygen atoms in total. The van der Waals surface area contributed by atoms with Crippen molar-refractivity contribution in [3.05, 3.63) is 65.4 Å². The molecule has 0 atom stereocenters. The molecule has 1 heterocycles. The monoisotopic (exact) mass is 333 g/mol. The molecule has 0 saturated heterocycles. The maximum Gasteiger partial charge on any atom is 0.416 e. The average Bonchev–Trinajstić information content (AvgIpc) is 2.98. The molecule has 0 spiro atoms. The van der Waals surface area contributed by atoms with Crippen LogP contribution in [0.25, 0.3) is 10.9 Å². The Bertz CT molecular complexity index is 853. The third kappa shape index (κ3) is 3.40. The van der Waals surface area contributed by atoms with Crippen LogP contribution in [0.15, 0.2) is 48.5 Å². The molecule has 0 aliphatic carbocycles. The largest absolute Gasteiger partial charge is 0.416 e. The van der Waals surface area contributed by atoms with E-state index in [-0.39, 0.29) is 5.91 Å². The molecule has 3 aromatic rings. The van der Waals surface area contributed by atoms with Crippen LogP contribution < -0.4 is 5.32 Å². The summed E-state index contributed by atoms with van der Waals surface area (Å²) in [6.45, 7) is 0.311. The molecule has 0 radical (unpaired) electrons. The molecular formula is C17H14F3N3O. The first-order valence-corrected chi connectivity index (χ1v) is 7.32. The van der Waals surface area contributed by atoms with Gasteiger partial charge in [0, 0.05) is 11.9 Å². The number of rotatable bonds is 4. The van der Waals surface area contributed by atoms with Gasteiger partial charge in [-0.2, -0.15) is 18.3 Å². The number of nitrogens with one attached hydrogen (secondary N) is 2. The fourth-order valence-electron chi connectivity index (χ4n) is 2.40. The predicted molar refractivity (Wildman–Crippen MR) is 83.6 cm³/mol. The third-order valence-corrected chi connectivity index (χ3v) is 3.67. The van der Waals surface area contributed by atoms with Gasteiger partial charge in [-0.1, -0.05) is 30.3 Å². The Balaban J connectivity index is 1.59. The van der Waals surface area contributed by atoms with Gasteiger partial charge < -0.3 is 5.32 Å². The van der Waals surface area contributed by atoms with Crippen LogP contribution in [0.3, 0.4) is 0 Å². The van der Waals surface area contributed by atoms with E-state index in [1.807, 2.05) is 18.2 Å². The number of carbonyl (C=O) groups is 1. The quantitative estimate of drug-likeness (QED) is 0.767. The van der Waals surface area contributed by atoms with Gasteiger partial charge in [0.2, 0.25) is 0 Å². The molecule has 1 amide bonds. The molecule has 0 fully saturated rings. The zero-order valence-corrected chi connectivity index (χ0v) is 12.5. The number of H-pyrrole nitrogens is 1. The molecule has 2 N–H and O–H groups in total. The van der Waals surface area contributed by atoms with Gasteiger partial charge in [0.15, 0.2) is 5.69 Å². The van der Waals surface area contributed by atoms with Crippen LogP contribution in [0.2, 0.25) is 0 Å². The molecule has 2 aromatic carbocycles. The van der Waals surface area contributed by atoms with Crippen molar-refractivity contribution in [2.75, 3.05) is 6.54 Å². The number of aromatic amines is 1. The number of para-hydroxylation sites is 1. The molecule has 124 valence electrons. The highest BCUT2D eigenvalue weighted by molar-refractivity contribution is 6.04. The summed E-state index contributed by atoms with van der Waals surface area (Å²) in [5.41, 5.74) is 1.11. The summed E-state index contributed by atoms with van der Waals surface area (Å²) in [7, 11) is 0. The number of amides is 1. The highest BCUT2D eigenvalue weighted by atomic mass is 19.4. The van der Waals surface area contributed by atoms with Crippen molar-refractivity contribution in [1.29, 1.82) is 0 Å². The molecule has 0 bridgehead atoms. The molecular weight excluding hydrogens is 319 g/mol. The van der Waals surface area contributed by atoms with Gasteiger partial charge in [0.25, 0.3) is 5.91 Å². The molecule has 3 rings (SSSR count). The van der Waals surface area contributed by atoms with Crippen LogP contribution in [0, 0.1) is 0 Å². The summed E-state index contributed by atoms with van der Waals surface area (Å²) >= 11 is 0. The lowest BCUT2D eigenvalue weighted by Gasteiger charge is -2.08. The second-order valence-corrected chi connectivity index (χ2v) is 5.32. The van der Waals surface area contributed by atoms with E-state index < -0.39 is 11.7 Å². The van der Waals surface area contributed by atoms with Gasteiger partial charge in [-0.15, -0.1) is 0 Å². The van der Waals surface area contributed by atoms with Crippen LogP contribution in [0.4, 0.5) is 13.2 Å². The van der Waals surface area contributed by atoms with E-state index in [0.717, 1.165) is 28.6 Å². The van der Waals surface area contributed by atoms with E-state index in [4.69, 9.17) is 0 Å². The molecule has 0 saturated carbocycles. The van der Waals surface area contributed by atoms with Crippen LogP contribution in [0.5, 0.6) is 0 Å². The second-order valence-electron chi connectivity index (χ2n) is 5.32. The number of hydrogen-bond donors (Lipinski definition) is 2. The van der Waals surface area contributed by atoms with Crippen LogP contribution >= 0.6 is 0 Å². The van der Waals surface area contributed by atoms with Gasteiger partial charge in [-0.3, -0.25) is 9.89 Å². The number of benzene rings is 2. The van der Waals surface area contributed by atoms with Crippen molar-refractivity contribution in [1.82, 2.24) is 15.5 Å². The highest BCUT2D eigenvalue weighted by Crippen LogP contribution is 2.29. The number of alkyl halides is 3. The number of fused-ring (bicyclic) bond motifs is 1. The van der Waals surface area contributed by atoms with E-state index in [9.17, 15) is 18.0 Å². The van der Waals surface area contributed by atoms with Crippen LogP contribution in [0.1, 0.15) is 21.6 Å². The molecule has 0 aliphatic heterocycles. The van der Waals surface area contributed by atoms with Crippen LogP contribution in [-0.2, 0) is 12.6 Å². The van der Waals surface area contributed by atoms with Crippen molar-refractivity contribution < 1.29 is 18.0 Å². The molecule has 7 heteroatoms. The minimum atomic E-state index is -4.34. The lowest BCUT2D eigenvalue weighted by atomic mass is 10.1. The van der Waals surface area contributed by atoms with Crippen molar-refractivity contribution in [3.8, 4) is 0 Å². The first-order chi connectivity index (χ1) is 11.4. The molecule has 0 aliphatic rings. The SMILES string of the molecule is O=C(NCCc1ccc(C(F)(F)F)cc1)c1n[nH]c2ccccc12. The molecule has 1 aromatic heterocycles. The van der Waals surface area contributed by atoms with Crippen molar-refractivity contribution in [2.45, 2.75) is 12.6 Å². The summed E-state index contributed by atoms with van der Waals surface area (Å²) in [5, 5.41) is 10.2. The summed E-state index contributed by atoms with van der Waals surface area (Å²) in [6, 6.07) is 12.2. The Morgan fingerprint density at radius 1 is 1.08 bits per heavy atom. The first-order valence-electron chi connectivity index (χ1n) is 7.32. The second kappa shape index (κ2) is 6.35. The number of carbonyl (C=O) groups excluding carboxylic acids is 1. The Kier molecular flexibility index (Phi) is 4.24. The van der Waals surface area contributed by atoms with E-state index in [2.05, 4.69) is 15.5 Å². The summed E-state index contributed by atoms with van der Waals surface area (Å²) < 4.78 is 37.5. The van der Waals surface area contributed by atoms with Gasteiger partial charge >= 0.3 is 6.18 Å². The minimum absolute atomic E-state index is 0.304. The minimum Gasteiger partial charge on any atom is -0.350 e. The van der Waals surface area contributed by atoms with Gasteiger partial charge in [-0.25, -0.2) is 0 Å². The number of hydrogen-bond acceptors (Lipinski definition) is 2. The Morgan fingerprint density at radius 2 is 1.79 bits per heavy atom. The summed E-state index contributed by atoms with van der Waals surface area (Å²) in [4.78, 5) is 12.2. The number of halogens is 3. The van der Waals surface area contributed by atoms with Gasteiger partial charge in [0.05, 0.1) is 11.1 Å². The van der Waals surface area contributed by atoms with E-state index in [1.54, 1.807) is 6.07 Å². The highest BCUT2D eigenvalue weighted by Gasteiger charge is 2.29. The summed E-state index contributed by atoms with van der Waals surface area (Å²) in [5.74, 6) is -0.320. The van der Waals surface area contributed by atoms with Crippen LogP contribution in [-0.4, -0.2) is 22.6 Å². The zero-order chi connectivity index (χ0) is 17.2. The van der Waals surface area contributed by atoms with Gasteiger partial charge in [0.1, 0.15) is 0 Å². The predicted octanol–water partition coefficient (Wildman–Crippen LogP) is 3.55. The average molecular weight is 333 g/mol. The topological polar surface area (TPSA) is 57.8 Å². The molecule has 0 unspecified atom stereocenters. The maximum atomic E-state index is 12.5. The van der Waals surface area contributed by atoms with E-state index in [1.165, 1.54) is 12.1 Å². The Hall–Kier alpha value is -2.83.